The normalized spacial score (nSPS) is 13.9. The predicted octanol–water partition coefficient (Wildman–Crippen LogP) is 2.14. The topological polar surface area (TPSA) is 74.2 Å². The summed E-state index contributed by atoms with van der Waals surface area (Å²) in [4.78, 5) is 4.24. The van der Waals surface area contributed by atoms with Crippen molar-refractivity contribution in [1.29, 1.82) is 0 Å². The van der Waals surface area contributed by atoms with E-state index in [1.807, 2.05) is 20.8 Å². The molecule has 17 heavy (non-hydrogen) atoms. The predicted molar refractivity (Wildman–Crippen MR) is 68.8 cm³/mol. The van der Waals surface area contributed by atoms with Crippen molar-refractivity contribution >= 4 is 11.8 Å². The van der Waals surface area contributed by atoms with Crippen LogP contribution in [-0.4, -0.2) is 28.1 Å². The number of hydrogen-bond donors (Lipinski definition) is 1. The Labute approximate surface area is 106 Å². The second-order valence-electron chi connectivity index (χ2n) is 4.72. The molecule has 0 fully saturated rings. The molecule has 0 bridgehead atoms. The highest BCUT2D eigenvalue weighted by Crippen LogP contribution is 2.15. The zero-order valence-corrected chi connectivity index (χ0v) is 11.7. The van der Waals surface area contributed by atoms with Gasteiger partial charge in [0.05, 0.1) is 18.0 Å². The fraction of sp³-hybridized carbons (Fsp3) is 0.818. The average Bonchev–Trinajstić information content (AvgIpc) is 2.70. The van der Waals surface area contributed by atoms with Crippen molar-refractivity contribution in [3.63, 3.8) is 0 Å². The minimum Gasteiger partial charge on any atom is -0.374 e. The Bertz CT molecular complexity index is 336. The maximum atomic E-state index is 5.92. The van der Waals surface area contributed by atoms with Crippen LogP contribution in [-0.2, 0) is 10.5 Å². The van der Waals surface area contributed by atoms with E-state index in [2.05, 4.69) is 17.1 Å². The van der Waals surface area contributed by atoms with E-state index in [0.717, 1.165) is 11.5 Å². The second kappa shape index (κ2) is 6.37. The molecule has 1 heterocycles. The lowest BCUT2D eigenvalue weighted by Gasteiger charge is -2.20. The van der Waals surface area contributed by atoms with Gasteiger partial charge < -0.3 is 15.0 Å². The molecule has 1 rings (SSSR count). The first-order valence-corrected chi connectivity index (χ1v) is 6.87. The number of aromatic nitrogens is 2. The van der Waals surface area contributed by atoms with Gasteiger partial charge in [-0.1, -0.05) is 12.1 Å². The van der Waals surface area contributed by atoms with Gasteiger partial charge in [0.2, 0.25) is 5.89 Å². The molecule has 0 aliphatic heterocycles. The average molecular weight is 259 g/mol. The summed E-state index contributed by atoms with van der Waals surface area (Å²) in [6, 6.07) is -0.359. The van der Waals surface area contributed by atoms with E-state index in [0.29, 0.717) is 18.3 Å². The Morgan fingerprint density at radius 1 is 1.47 bits per heavy atom. The van der Waals surface area contributed by atoms with Gasteiger partial charge in [-0.25, -0.2) is 0 Å². The van der Waals surface area contributed by atoms with Crippen molar-refractivity contribution < 1.29 is 9.26 Å². The molecule has 0 radical (unpaired) electrons. The maximum Gasteiger partial charge on any atom is 0.245 e. The molecule has 2 N–H and O–H groups in total. The fourth-order valence-corrected chi connectivity index (χ4v) is 1.59. The largest absolute Gasteiger partial charge is 0.374 e. The Kier molecular flexibility index (Phi) is 5.42. The molecule has 0 aromatic carbocycles. The first-order chi connectivity index (χ1) is 7.92. The van der Waals surface area contributed by atoms with Crippen LogP contribution < -0.4 is 5.73 Å². The van der Waals surface area contributed by atoms with Crippen molar-refractivity contribution in [3.8, 4) is 0 Å². The van der Waals surface area contributed by atoms with Crippen molar-refractivity contribution in [2.45, 2.75) is 45.1 Å². The molecule has 1 aromatic rings. The molecule has 0 saturated heterocycles. The minimum absolute atomic E-state index is 0.210. The summed E-state index contributed by atoms with van der Waals surface area (Å²) >= 11 is 1.75. The lowest BCUT2D eigenvalue weighted by Crippen LogP contribution is -2.26. The zero-order chi connectivity index (χ0) is 12.9. The number of thioether (sulfide) groups is 1. The second-order valence-corrected chi connectivity index (χ2v) is 5.99. The third kappa shape index (κ3) is 5.52. The van der Waals surface area contributed by atoms with Gasteiger partial charge in [-0.2, -0.15) is 16.7 Å². The highest BCUT2D eigenvalue weighted by molar-refractivity contribution is 7.98. The third-order valence-corrected chi connectivity index (χ3v) is 2.80. The molecule has 0 saturated carbocycles. The number of nitrogens with zero attached hydrogens (tertiary/aromatic N) is 2. The summed E-state index contributed by atoms with van der Waals surface area (Å²) in [5, 5.41) is 3.88. The van der Waals surface area contributed by atoms with Crippen LogP contribution in [0.3, 0.4) is 0 Å². The Morgan fingerprint density at radius 3 is 2.76 bits per heavy atom. The van der Waals surface area contributed by atoms with Crippen LogP contribution in [0, 0.1) is 0 Å². The van der Waals surface area contributed by atoms with Gasteiger partial charge in [-0.05, 0) is 26.5 Å². The molecule has 0 aliphatic rings. The van der Waals surface area contributed by atoms with Gasteiger partial charge in [0, 0.05) is 0 Å². The van der Waals surface area contributed by atoms with E-state index in [9.17, 15) is 0 Å². The van der Waals surface area contributed by atoms with Crippen molar-refractivity contribution in [1.82, 2.24) is 10.1 Å². The Hall–Kier alpha value is -0.590. The maximum absolute atomic E-state index is 5.92. The first-order valence-electron chi connectivity index (χ1n) is 5.72. The Morgan fingerprint density at radius 2 is 2.18 bits per heavy atom. The molecule has 0 unspecified atom stereocenters. The standard InChI is InChI=1S/C11H21N3O2S/c1-5-17-7-9-13-10(16-14-9)8(12)6-15-11(2,3)4/h8H,5-7,12H2,1-4H3/t8-/m0/s1. The highest BCUT2D eigenvalue weighted by atomic mass is 32.2. The summed E-state index contributed by atoms with van der Waals surface area (Å²) in [7, 11) is 0. The van der Waals surface area contributed by atoms with E-state index in [-0.39, 0.29) is 11.6 Å². The lowest BCUT2D eigenvalue weighted by atomic mass is 10.2. The van der Waals surface area contributed by atoms with Crippen LogP contribution in [0.2, 0.25) is 0 Å². The number of nitrogens with two attached hydrogens (primary N) is 1. The molecule has 0 aliphatic carbocycles. The third-order valence-electron chi connectivity index (χ3n) is 1.93. The van der Waals surface area contributed by atoms with E-state index in [4.69, 9.17) is 15.0 Å². The monoisotopic (exact) mass is 259 g/mol. The van der Waals surface area contributed by atoms with Crippen LogP contribution in [0.25, 0.3) is 0 Å². The van der Waals surface area contributed by atoms with Gasteiger partial charge in [0.1, 0.15) is 6.04 Å². The van der Waals surface area contributed by atoms with Gasteiger partial charge in [0.15, 0.2) is 5.82 Å². The number of ether oxygens (including phenoxy) is 1. The van der Waals surface area contributed by atoms with Gasteiger partial charge in [-0.3, -0.25) is 0 Å². The molecule has 1 atom stereocenters. The van der Waals surface area contributed by atoms with Gasteiger partial charge in [0.25, 0.3) is 0 Å². The SMILES string of the molecule is CCSCc1noc([C@@H](N)COC(C)(C)C)n1. The lowest BCUT2D eigenvalue weighted by molar-refractivity contribution is -0.0134. The van der Waals surface area contributed by atoms with E-state index in [1.165, 1.54) is 0 Å². The molecule has 0 amide bonds. The molecule has 0 spiro atoms. The molecular weight excluding hydrogens is 238 g/mol. The highest BCUT2D eigenvalue weighted by Gasteiger charge is 2.18. The summed E-state index contributed by atoms with van der Waals surface area (Å²) < 4.78 is 10.7. The van der Waals surface area contributed by atoms with Crippen LogP contribution in [0.15, 0.2) is 4.52 Å². The molecule has 5 nitrogen and oxygen atoms in total. The van der Waals surface area contributed by atoms with Crippen LogP contribution in [0.1, 0.15) is 45.5 Å². The Balaban J connectivity index is 2.46. The van der Waals surface area contributed by atoms with Crippen molar-refractivity contribution in [2.75, 3.05) is 12.4 Å². The van der Waals surface area contributed by atoms with Crippen LogP contribution >= 0.6 is 11.8 Å². The summed E-state index contributed by atoms with van der Waals surface area (Å²) in [5.41, 5.74) is 5.71. The smallest absolute Gasteiger partial charge is 0.245 e. The van der Waals surface area contributed by atoms with Crippen LogP contribution in [0.5, 0.6) is 0 Å². The number of rotatable bonds is 6. The van der Waals surface area contributed by atoms with E-state index >= 15 is 0 Å². The summed E-state index contributed by atoms with van der Waals surface area (Å²) in [6.07, 6.45) is 0. The molecule has 98 valence electrons. The molecule has 1 aromatic heterocycles. The van der Waals surface area contributed by atoms with Crippen molar-refractivity contribution in [2.24, 2.45) is 5.73 Å². The fourth-order valence-electron chi connectivity index (χ4n) is 1.08. The van der Waals surface area contributed by atoms with Gasteiger partial charge in [-0.15, -0.1) is 0 Å². The quantitative estimate of drug-likeness (QED) is 0.843. The number of hydrogen-bond acceptors (Lipinski definition) is 6. The summed E-state index contributed by atoms with van der Waals surface area (Å²) in [6.45, 7) is 8.42. The first kappa shape index (κ1) is 14.5. The molecule has 6 heteroatoms. The molecular formula is C11H21N3O2S. The zero-order valence-electron chi connectivity index (χ0n) is 10.9. The van der Waals surface area contributed by atoms with E-state index < -0.39 is 0 Å². The van der Waals surface area contributed by atoms with E-state index in [1.54, 1.807) is 11.8 Å². The minimum atomic E-state index is -0.359. The van der Waals surface area contributed by atoms with Gasteiger partial charge >= 0.3 is 0 Å². The van der Waals surface area contributed by atoms with Crippen LogP contribution in [0.4, 0.5) is 0 Å². The van der Waals surface area contributed by atoms with Crippen molar-refractivity contribution in [3.05, 3.63) is 11.7 Å². The summed E-state index contributed by atoms with van der Waals surface area (Å²) in [5.74, 6) is 2.93.